The van der Waals surface area contributed by atoms with E-state index in [2.05, 4.69) is 103 Å². The van der Waals surface area contributed by atoms with Gasteiger partial charge in [-0.1, -0.05) is 58.4 Å². The van der Waals surface area contributed by atoms with Gasteiger partial charge in [0.25, 0.3) is 0 Å². The average Bonchev–Trinajstić information content (AvgIpc) is 2.86. The molecule has 3 heteroatoms. The molecule has 1 nitrogen and oxygen atoms in total. The number of aromatic nitrogens is 1. The molecule has 1 aromatic heterocycles. The molecule has 0 fully saturated rings. The third-order valence-corrected chi connectivity index (χ3v) is 5.16. The second kappa shape index (κ2) is 5.56. The smallest absolute Gasteiger partial charge is 0.0638 e. The van der Waals surface area contributed by atoms with Gasteiger partial charge in [-0.2, -0.15) is 0 Å². The lowest BCUT2D eigenvalue weighted by Crippen LogP contribution is -1.99. The highest BCUT2D eigenvalue weighted by Crippen LogP contribution is 2.34. The fourth-order valence-electron chi connectivity index (χ4n) is 3.00. The third kappa shape index (κ3) is 2.29. The highest BCUT2D eigenvalue weighted by Gasteiger charge is 2.12. The van der Waals surface area contributed by atoms with Crippen molar-refractivity contribution in [2.75, 3.05) is 0 Å². The van der Waals surface area contributed by atoms with E-state index in [1.165, 1.54) is 27.4 Å². The van der Waals surface area contributed by atoms with Crippen molar-refractivity contribution in [3.05, 3.63) is 81.2 Å². The molecule has 0 saturated heterocycles. The number of fused-ring (bicyclic) bond motifs is 3. The van der Waals surface area contributed by atoms with Gasteiger partial charge in [-0.3, -0.25) is 0 Å². The Balaban J connectivity index is 1.99. The molecule has 4 rings (SSSR count). The van der Waals surface area contributed by atoms with Crippen LogP contribution in [0.4, 0.5) is 0 Å². The summed E-state index contributed by atoms with van der Waals surface area (Å²) in [4.78, 5) is 0. The van der Waals surface area contributed by atoms with Gasteiger partial charge in [0, 0.05) is 31.8 Å². The first-order chi connectivity index (χ1) is 10.7. The number of hydrogen-bond acceptors (Lipinski definition) is 0. The summed E-state index contributed by atoms with van der Waals surface area (Å²) in [5.74, 6) is 0. The Hall–Kier alpha value is -1.58. The van der Waals surface area contributed by atoms with Crippen LogP contribution in [0.15, 0.2) is 75.7 Å². The SMILES string of the molecule is Brc1ccc(Cn2c3ccccc3c3cccc(Br)c32)cc1. The number of para-hydroxylation sites is 2. The maximum atomic E-state index is 3.72. The Morgan fingerprint density at radius 1 is 0.727 bits per heavy atom. The van der Waals surface area contributed by atoms with Crippen LogP contribution in [0.25, 0.3) is 21.8 Å². The molecular weight excluding hydrogens is 402 g/mol. The summed E-state index contributed by atoms with van der Waals surface area (Å²) in [6, 6.07) is 23.5. The first kappa shape index (κ1) is 14.0. The summed E-state index contributed by atoms with van der Waals surface area (Å²) < 4.78 is 4.64. The molecule has 0 saturated carbocycles. The maximum absolute atomic E-state index is 3.72. The topological polar surface area (TPSA) is 4.93 Å². The fourth-order valence-corrected chi connectivity index (χ4v) is 3.85. The second-order valence-corrected chi connectivity index (χ2v) is 7.14. The van der Waals surface area contributed by atoms with Gasteiger partial charge in [0.1, 0.15) is 0 Å². The van der Waals surface area contributed by atoms with Gasteiger partial charge in [-0.15, -0.1) is 0 Å². The largest absolute Gasteiger partial charge is 0.335 e. The first-order valence-corrected chi connectivity index (χ1v) is 8.72. The van der Waals surface area contributed by atoms with E-state index in [4.69, 9.17) is 0 Å². The predicted molar refractivity (Wildman–Crippen MR) is 100 cm³/mol. The maximum Gasteiger partial charge on any atom is 0.0638 e. The highest BCUT2D eigenvalue weighted by molar-refractivity contribution is 9.11. The fraction of sp³-hybridized carbons (Fsp3) is 0.0526. The van der Waals surface area contributed by atoms with Gasteiger partial charge in [-0.25, -0.2) is 0 Å². The van der Waals surface area contributed by atoms with Crippen LogP contribution in [0.2, 0.25) is 0 Å². The van der Waals surface area contributed by atoms with E-state index < -0.39 is 0 Å². The zero-order valence-electron chi connectivity index (χ0n) is 11.8. The molecule has 0 unspecified atom stereocenters. The molecule has 0 spiro atoms. The molecule has 0 amide bonds. The molecule has 0 N–H and O–H groups in total. The molecule has 1 heterocycles. The van der Waals surface area contributed by atoms with Crippen molar-refractivity contribution < 1.29 is 0 Å². The first-order valence-electron chi connectivity index (χ1n) is 7.14. The third-order valence-electron chi connectivity index (χ3n) is 4.00. The molecule has 0 aliphatic rings. The van der Waals surface area contributed by atoms with Crippen molar-refractivity contribution in [2.45, 2.75) is 6.54 Å². The lowest BCUT2D eigenvalue weighted by Gasteiger charge is -2.09. The Bertz CT molecular complexity index is 968. The molecule has 3 aromatic carbocycles. The minimum absolute atomic E-state index is 0.861. The van der Waals surface area contributed by atoms with Gasteiger partial charge in [-0.05, 0) is 45.8 Å². The summed E-state index contributed by atoms with van der Waals surface area (Å²) in [5, 5.41) is 2.60. The van der Waals surface area contributed by atoms with E-state index in [1.807, 2.05) is 0 Å². The van der Waals surface area contributed by atoms with E-state index in [0.29, 0.717) is 0 Å². The van der Waals surface area contributed by atoms with Gasteiger partial charge in [0.15, 0.2) is 0 Å². The second-order valence-electron chi connectivity index (χ2n) is 5.37. The normalized spacial score (nSPS) is 11.4. The number of hydrogen-bond donors (Lipinski definition) is 0. The van der Waals surface area contributed by atoms with Crippen molar-refractivity contribution in [3.8, 4) is 0 Å². The minimum atomic E-state index is 0.861. The van der Waals surface area contributed by atoms with Crippen molar-refractivity contribution in [1.29, 1.82) is 0 Å². The Kier molecular flexibility index (Phi) is 3.55. The molecule has 0 radical (unpaired) electrons. The van der Waals surface area contributed by atoms with E-state index in [0.717, 1.165) is 15.5 Å². The molecule has 0 atom stereocenters. The van der Waals surface area contributed by atoms with Crippen LogP contribution in [0.1, 0.15) is 5.56 Å². The van der Waals surface area contributed by atoms with Crippen LogP contribution >= 0.6 is 31.9 Å². The van der Waals surface area contributed by atoms with Crippen LogP contribution in [0.3, 0.4) is 0 Å². The zero-order valence-corrected chi connectivity index (χ0v) is 14.9. The van der Waals surface area contributed by atoms with Crippen molar-refractivity contribution in [2.24, 2.45) is 0 Å². The van der Waals surface area contributed by atoms with E-state index >= 15 is 0 Å². The van der Waals surface area contributed by atoms with Gasteiger partial charge in [0.2, 0.25) is 0 Å². The molecule has 0 aliphatic heterocycles. The lowest BCUT2D eigenvalue weighted by atomic mass is 10.2. The van der Waals surface area contributed by atoms with Crippen molar-refractivity contribution >= 4 is 53.7 Å². The summed E-state index contributed by atoms with van der Waals surface area (Å²) in [5.41, 5.74) is 3.82. The summed E-state index contributed by atoms with van der Waals surface area (Å²) >= 11 is 7.22. The zero-order chi connectivity index (χ0) is 15.1. The van der Waals surface area contributed by atoms with Crippen LogP contribution in [0, 0.1) is 0 Å². The molecule has 108 valence electrons. The van der Waals surface area contributed by atoms with Gasteiger partial charge in [0.05, 0.1) is 5.52 Å². The molecule has 4 aromatic rings. The van der Waals surface area contributed by atoms with E-state index in [-0.39, 0.29) is 0 Å². The van der Waals surface area contributed by atoms with E-state index in [1.54, 1.807) is 0 Å². The standard InChI is InChI=1S/C19H13Br2N/c20-14-10-8-13(9-11-14)12-22-18-7-2-1-4-15(18)16-5-3-6-17(21)19(16)22/h1-11H,12H2. The van der Waals surface area contributed by atoms with Gasteiger partial charge >= 0.3 is 0 Å². The Labute approximate surface area is 145 Å². The molecule has 22 heavy (non-hydrogen) atoms. The Morgan fingerprint density at radius 3 is 2.27 bits per heavy atom. The summed E-state index contributed by atoms with van der Waals surface area (Å²) in [6.07, 6.45) is 0. The lowest BCUT2D eigenvalue weighted by molar-refractivity contribution is 0.867. The van der Waals surface area contributed by atoms with Crippen LogP contribution in [-0.4, -0.2) is 4.57 Å². The monoisotopic (exact) mass is 413 g/mol. The quantitative estimate of drug-likeness (QED) is 0.359. The minimum Gasteiger partial charge on any atom is -0.335 e. The number of halogens is 2. The van der Waals surface area contributed by atoms with Crippen LogP contribution < -0.4 is 0 Å². The van der Waals surface area contributed by atoms with Crippen molar-refractivity contribution in [1.82, 2.24) is 4.57 Å². The predicted octanol–water partition coefficient (Wildman–Crippen LogP) is 6.37. The number of benzene rings is 3. The van der Waals surface area contributed by atoms with Crippen molar-refractivity contribution in [3.63, 3.8) is 0 Å². The molecular formula is C19H13Br2N. The van der Waals surface area contributed by atoms with Crippen LogP contribution in [-0.2, 0) is 6.54 Å². The number of nitrogens with zero attached hydrogens (tertiary/aromatic N) is 1. The number of rotatable bonds is 2. The summed E-state index contributed by atoms with van der Waals surface area (Å²) in [6.45, 7) is 0.861. The summed E-state index contributed by atoms with van der Waals surface area (Å²) in [7, 11) is 0. The average molecular weight is 415 g/mol. The van der Waals surface area contributed by atoms with Gasteiger partial charge < -0.3 is 4.57 Å². The molecule has 0 bridgehead atoms. The van der Waals surface area contributed by atoms with E-state index in [9.17, 15) is 0 Å². The van der Waals surface area contributed by atoms with Crippen LogP contribution in [0.5, 0.6) is 0 Å². The molecule has 0 aliphatic carbocycles. The highest BCUT2D eigenvalue weighted by atomic mass is 79.9. The Morgan fingerprint density at radius 2 is 1.45 bits per heavy atom.